The van der Waals surface area contributed by atoms with Crippen molar-refractivity contribution in [3.63, 3.8) is 0 Å². The molecule has 3 aliphatic rings. The Morgan fingerprint density at radius 3 is 2.55 bits per heavy atom. The Balaban J connectivity index is 0.00000144. The molecule has 1 aliphatic heterocycles. The van der Waals surface area contributed by atoms with Crippen molar-refractivity contribution in [3.05, 3.63) is 34.9 Å². The van der Waals surface area contributed by atoms with Crippen molar-refractivity contribution in [2.75, 3.05) is 19.6 Å². The van der Waals surface area contributed by atoms with Gasteiger partial charge in [0.05, 0.1) is 0 Å². The molecule has 0 radical (unpaired) electrons. The summed E-state index contributed by atoms with van der Waals surface area (Å²) in [7, 11) is 0. The van der Waals surface area contributed by atoms with Crippen LogP contribution in [0.1, 0.15) is 48.8 Å². The molecule has 4 rings (SSSR count). The average Bonchev–Trinajstić information content (AvgIpc) is 3.23. The number of nitrogens with zero attached hydrogens (tertiary/aromatic N) is 1. The summed E-state index contributed by atoms with van der Waals surface area (Å²) < 4.78 is 0. The normalized spacial score (nSPS) is 22.4. The van der Waals surface area contributed by atoms with Gasteiger partial charge in [0, 0.05) is 12.6 Å². The van der Waals surface area contributed by atoms with Crippen LogP contribution < -0.4 is 5.32 Å². The van der Waals surface area contributed by atoms with Crippen molar-refractivity contribution in [1.82, 2.24) is 10.2 Å². The third kappa shape index (κ3) is 4.04. The van der Waals surface area contributed by atoms with Crippen LogP contribution in [-0.2, 0) is 19.4 Å². The Bertz CT molecular complexity index is 490. The smallest absolute Gasteiger partial charge is 0.0233 e. The topological polar surface area (TPSA) is 15.3 Å². The standard InChI is InChI=1S/C19H28N2.ClH/c1-2-17-7-6-16(12-18(17)3-1)14-21-10-8-19(9-11-21)20-13-15-4-5-15;/h6-7,12,15,19-20H,1-5,8-11,13-14H2;1H. The monoisotopic (exact) mass is 320 g/mol. The molecule has 1 aromatic carbocycles. The maximum Gasteiger partial charge on any atom is 0.0233 e. The van der Waals surface area contributed by atoms with Gasteiger partial charge in [-0.3, -0.25) is 4.90 Å². The second kappa shape index (κ2) is 7.33. The summed E-state index contributed by atoms with van der Waals surface area (Å²) in [4.78, 5) is 2.64. The molecule has 1 N–H and O–H groups in total. The van der Waals surface area contributed by atoms with Crippen LogP contribution in [-0.4, -0.2) is 30.6 Å². The number of benzene rings is 1. The van der Waals surface area contributed by atoms with Crippen LogP contribution in [0.2, 0.25) is 0 Å². The lowest BCUT2D eigenvalue weighted by molar-refractivity contribution is 0.190. The molecule has 122 valence electrons. The number of piperidine rings is 1. The lowest BCUT2D eigenvalue weighted by atomic mass is 10.0. The van der Waals surface area contributed by atoms with Gasteiger partial charge >= 0.3 is 0 Å². The van der Waals surface area contributed by atoms with Crippen LogP contribution in [0, 0.1) is 5.92 Å². The first-order valence-corrected chi connectivity index (χ1v) is 8.93. The quantitative estimate of drug-likeness (QED) is 0.892. The van der Waals surface area contributed by atoms with E-state index in [9.17, 15) is 0 Å². The average molecular weight is 321 g/mol. The fourth-order valence-electron chi connectivity index (χ4n) is 3.93. The maximum atomic E-state index is 3.78. The van der Waals surface area contributed by atoms with Gasteiger partial charge in [-0.15, -0.1) is 12.4 Å². The first-order chi connectivity index (χ1) is 10.4. The van der Waals surface area contributed by atoms with E-state index in [1.165, 1.54) is 70.1 Å². The van der Waals surface area contributed by atoms with Crippen molar-refractivity contribution in [2.45, 2.75) is 57.5 Å². The van der Waals surface area contributed by atoms with Gasteiger partial charge in [-0.25, -0.2) is 0 Å². The van der Waals surface area contributed by atoms with Crippen molar-refractivity contribution >= 4 is 12.4 Å². The van der Waals surface area contributed by atoms with E-state index in [-0.39, 0.29) is 12.4 Å². The van der Waals surface area contributed by atoms with E-state index in [0.717, 1.165) is 18.5 Å². The van der Waals surface area contributed by atoms with Gasteiger partial charge in [-0.1, -0.05) is 18.2 Å². The van der Waals surface area contributed by atoms with E-state index in [1.807, 2.05) is 0 Å². The molecule has 0 atom stereocenters. The summed E-state index contributed by atoms with van der Waals surface area (Å²) in [6, 6.07) is 7.99. The highest BCUT2D eigenvalue weighted by molar-refractivity contribution is 5.85. The molecule has 0 amide bonds. The molecule has 0 spiro atoms. The third-order valence-electron chi connectivity index (χ3n) is 5.55. The Labute approximate surface area is 141 Å². The highest BCUT2D eigenvalue weighted by Gasteiger charge is 2.24. The van der Waals surface area contributed by atoms with Crippen molar-refractivity contribution in [3.8, 4) is 0 Å². The van der Waals surface area contributed by atoms with E-state index in [1.54, 1.807) is 11.1 Å². The molecule has 0 aromatic heterocycles. The highest BCUT2D eigenvalue weighted by atomic mass is 35.5. The number of nitrogens with one attached hydrogen (secondary N) is 1. The number of hydrogen-bond acceptors (Lipinski definition) is 2. The number of aryl methyl sites for hydroxylation is 2. The zero-order chi connectivity index (χ0) is 14.1. The minimum Gasteiger partial charge on any atom is -0.314 e. The SMILES string of the molecule is Cl.c1cc2c(cc1CN1CCC(NCC3CC3)CC1)CCC2. The predicted molar refractivity (Wildman–Crippen MR) is 94.7 cm³/mol. The lowest BCUT2D eigenvalue weighted by Gasteiger charge is -2.32. The number of rotatable bonds is 5. The van der Waals surface area contributed by atoms with Gasteiger partial charge in [0.25, 0.3) is 0 Å². The van der Waals surface area contributed by atoms with E-state index in [0.29, 0.717) is 0 Å². The molecule has 1 saturated heterocycles. The lowest BCUT2D eigenvalue weighted by Crippen LogP contribution is -2.42. The molecule has 1 saturated carbocycles. The zero-order valence-electron chi connectivity index (χ0n) is 13.5. The van der Waals surface area contributed by atoms with Gasteiger partial charge in [-0.05, 0) is 87.2 Å². The summed E-state index contributed by atoms with van der Waals surface area (Å²) in [6.07, 6.45) is 9.55. The van der Waals surface area contributed by atoms with Crippen LogP contribution in [0.25, 0.3) is 0 Å². The first-order valence-electron chi connectivity index (χ1n) is 8.93. The molecule has 1 aromatic rings. The minimum atomic E-state index is 0. The van der Waals surface area contributed by atoms with Crippen LogP contribution in [0.3, 0.4) is 0 Å². The summed E-state index contributed by atoms with van der Waals surface area (Å²) >= 11 is 0. The van der Waals surface area contributed by atoms with Gasteiger partial charge in [0.2, 0.25) is 0 Å². The van der Waals surface area contributed by atoms with E-state index in [4.69, 9.17) is 0 Å². The minimum absolute atomic E-state index is 0. The van der Waals surface area contributed by atoms with Gasteiger partial charge in [0.15, 0.2) is 0 Å². The largest absolute Gasteiger partial charge is 0.314 e. The van der Waals surface area contributed by atoms with Crippen molar-refractivity contribution in [2.24, 2.45) is 5.92 Å². The molecular formula is C19H29ClN2. The Morgan fingerprint density at radius 1 is 1.00 bits per heavy atom. The second-order valence-electron chi connectivity index (χ2n) is 7.36. The predicted octanol–water partition coefficient (Wildman–Crippen LogP) is 3.56. The molecule has 0 bridgehead atoms. The maximum absolute atomic E-state index is 3.78. The molecule has 1 heterocycles. The van der Waals surface area contributed by atoms with Gasteiger partial charge in [0.1, 0.15) is 0 Å². The van der Waals surface area contributed by atoms with Gasteiger partial charge < -0.3 is 5.32 Å². The fraction of sp³-hybridized carbons (Fsp3) is 0.684. The second-order valence-corrected chi connectivity index (χ2v) is 7.36. The number of hydrogen-bond donors (Lipinski definition) is 1. The first kappa shape index (κ1) is 16.3. The molecule has 2 aliphatic carbocycles. The molecule has 0 unspecified atom stereocenters. The Kier molecular flexibility index (Phi) is 5.43. The third-order valence-corrected chi connectivity index (χ3v) is 5.55. The van der Waals surface area contributed by atoms with Crippen LogP contribution in [0.5, 0.6) is 0 Å². The molecule has 22 heavy (non-hydrogen) atoms. The van der Waals surface area contributed by atoms with Crippen LogP contribution in [0.15, 0.2) is 18.2 Å². The summed E-state index contributed by atoms with van der Waals surface area (Å²) in [5.74, 6) is 1.01. The molecule has 3 heteroatoms. The molecular weight excluding hydrogens is 292 g/mol. The highest BCUT2D eigenvalue weighted by Crippen LogP contribution is 2.28. The number of fused-ring (bicyclic) bond motifs is 1. The number of likely N-dealkylation sites (tertiary alicyclic amines) is 1. The molecule has 2 nitrogen and oxygen atoms in total. The summed E-state index contributed by atoms with van der Waals surface area (Å²) in [5.41, 5.74) is 4.75. The van der Waals surface area contributed by atoms with E-state index in [2.05, 4.69) is 28.4 Å². The van der Waals surface area contributed by atoms with Crippen molar-refractivity contribution in [1.29, 1.82) is 0 Å². The fourth-order valence-corrected chi connectivity index (χ4v) is 3.93. The van der Waals surface area contributed by atoms with E-state index < -0.39 is 0 Å². The summed E-state index contributed by atoms with van der Waals surface area (Å²) in [6.45, 7) is 4.96. The van der Waals surface area contributed by atoms with Crippen molar-refractivity contribution < 1.29 is 0 Å². The number of halogens is 1. The van der Waals surface area contributed by atoms with Gasteiger partial charge in [-0.2, -0.15) is 0 Å². The Morgan fingerprint density at radius 2 is 1.77 bits per heavy atom. The van der Waals surface area contributed by atoms with Crippen LogP contribution >= 0.6 is 12.4 Å². The van der Waals surface area contributed by atoms with E-state index >= 15 is 0 Å². The zero-order valence-corrected chi connectivity index (χ0v) is 14.3. The molecule has 2 fully saturated rings. The Hall–Kier alpha value is -0.570. The summed E-state index contributed by atoms with van der Waals surface area (Å²) in [5, 5.41) is 3.78. The van der Waals surface area contributed by atoms with Crippen LogP contribution in [0.4, 0.5) is 0 Å².